The third kappa shape index (κ3) is 2.70. The Bertz CT molecular complexity index is 308. The number of hydrogen-bond acceptors (Lipinski definition) is 2. The molecule has 13 heavy (non-hydrogen) atoms. The molecule has 0 aromatic heterocycles. The van der Waals surface area contributed by atoms with Crippen molar-refractivity contribution in [2.75, 3.05) is 12.4 Å². The summed E-state index contributed by atoms with van der Waals surface area (Å²) >= 11 is 0. The van der Waals surface area contributed by atoms with Crippen molar-refractivity contribution in [3.63, 3.8) is 0 Å². The third-order valence-corrected chi connectivity index (χ3v) is 1.29. The van der Waals surface area contributed by atoms with E-state index < -0.39 is 17.7 Å². The van der Waals surface area contributed by atoms with Crippen LogP contribution in [0, 0.1) is 11.6 Å². The fourth-order valence-electron chi connectivity index (χ4n) is 0.795. The molecule has 0 bridgehead atoms. The molecule has 0 heterocycles. The number of carbonyl (C=O) groups is 1. The lowest BCUT2D eigenvalue weighted by molar-refractivity contribution is 0.187. The van der Waals surface area contributed by atoms with E-state index in [1.54, 1.807) is 0 Å². The molecule has 1 aromatic rings. The molecule has 0 saturated heterocycles. The zero-order valence-corrected chi connectivity index (χ0v) is 6.80. The molecule has 70 valence electrons. The molecule has 0 atom stereocenters. The molecule has 0 aliphatic heterocycles. The van der Waals surface area contributed by atoms with E-state index in [4.69, 9.17) is 0 Å². The number of amides is 1. The van der Waals surface area contributed by atoms with Gasteiger partial charge in [0, 0.05) is 11.8 Å². The number of methoxy groups -OCH3 is 1. The molecule has 1 rings (SSSR count). The van der Waals surface area contributed by atoms with Crippen molar-refractivity contribution >= 4 is 11.8 Å². The highest BCUT2D eigenvalue weighted by molar-refractivity contribution is 5.84. The van der Waals surface area contributed by atoms with Gasteiger partial charge in [0.1, 0.15) is 11.6 Å². The highest BCUT2D eigenvalue weighted by Gasteiger charge is 2.03. The van der Waals surface area contributed by atoms with Gasteiger partial charge in [0.05, 0.1) is 7.11 Å². The van der Waals surface area contributed by atoms with Crippen molar-refractivity contribution in [1.29, 1.82) is 0 Å². The Morgan fingerprint density at radius 3 is 2.31 bits per heavy atom. The van der Waals surface area contributed by atoms with E-state index in [1.807, 2.05) is 0 Å². The van der Waals surface area contributed by atoms with Crippen LogP contribution in [0.4, 0.5) is 19.3 Å². The summed E-state index contributed by atoms with van der Waals surface area (Å²) in [7, 11) is 1.16. The monoisotopic (exact) mass is 187 g/mol. The van der Waals surface area contributed by atoms with Crippen molar-refractivity contribution in [3.8, 4) is 0 Å². The first-order valence-corrected chi connectivity index (χ1v) is 3.43. The number of hydrogen-bond donors (Lipinski definition) is 1. The van der Waals surface area contributed by atoms with Gasteiger partial charge in [-0.05, 0) is 12.1 Å². The van der Waals surface area contributed by atoms with Crippen LogP contribution in [-0.4, -0.2) is 13.2 Å². The molecule has 0 spiro atoms. The average Bonchev–Trinajstić information content (AvgIpc) is 2.02. The minimum atomic E-state index is -0.773. The summed E-state index contributed by atoms with van der Waals surface area (Å²) in [5, 5.41) is 2.13. The third-order valence-electron chi connectivity index (χ3n) is 1.29. The highest BCUT2D eigenvalue weighted by atomic mass is 19.1. The van der Waals surface area contributed by atoms with Crippen LogP contribution in [0.2, 0.25) is 0 Å². The summed E-state index contributed by atoms with van der Waals surface area (Å²) in [5.41, 5.74) is 0.0179. The quantitative estimate of drug-likeness (QED) is 0.731. The van der Waals surface area contributed by atoms with E-state index in [0.29, 0.717) is 6.07 Å². The van der Waals surface area contributed by atoms with E-state index in [0.717, 1.165) is 19.2 Å². The van der Waals surface area contributed by atoms with Crippen LogP contribution >= 0.6 is 0 Å². The lowest BCUT2D eigenvalue weighted by atomic mass is 10.3. The second-order valence-electron chi connectivity index (χ2n) is 2.27. The van der Waals surface area contributed by atoms with Crippen LogP contribution in [0.25, 0.3) is 0 Å². The Morgan fingerprint density at radius 1 is 1.31 bits per heavy atom. The fraction of sp³-hybridized carbons (Fsp3) is 0.125. The van der Waals surface area contributed by atoms with E-state index in [2.05, 4.69) is 10.1 Å². The minimum absolute atomic E-state index is 0.0179. The first kappa shape index (κ1) is 9.44. The SMILES string of the molecule is COC(=O)Nc1cc(F)cc(F)c1. The first-order valence-electron chi connectivity index (χ1n) is 3.43. The summed E-state index contributed by atoms with van der Waals surface area (Å²) in [4.78, 5) is 10.6. The van der Waals surface area contributed by atoms with E-state index in [-0.39, 0.29) is 5.69 Å². The van der Waals surface area contributed by atoms with Gasteiger partial charge in [0.15, 0.2) is 0 Å². The summed E-state index contributed by atoms with van der Waals surface area (Å²) in [5.74, 6) is -1.52. The van der Waals surface area contributed by atoms with Gasteiger partial charge in [-0.25, -0.2) is 13.6 Å². The second kappa shape index (κ2) is 3.84. The number of anilines is 1. The Hall–Kier alpha value is -1.65. The molecule has 5 heteroatoms. The zero-order valence-electron chi connectivity index (χ0n) is 6.80. The molecule has 0 fully saturated rings. The van der Waals surface area contributed by atoms with E-state index >= 15 is 0 Å². The number of benzene rings is 1. The molecule has 0 aliphatic rings. The number of ether oxygens (including phenoxy) is 1. The van der Waals surface area contributed by atoms with Crippen LogP contribution in [0.5, 0.6) is 0 Å². The van der Waals surface area contributed by atoms with Crippen LogP contribution in [0.3, 0.4) is 0 Å². The average molecular weight is 187 g/mol. The van der Waals surface area contributed by atoms with Gasteiger partial charge >= 0.3 is 6.09 Å². The van der Waals surface area contributed by atoms with Gasteiger partial charge in [-0.1, -0.05) is 0 Å². The predicted octanol–water partition coefficient (Wildman–Crippen LogP) is 2.14. The minimum Gasteiger partial charge on any atom is -0.453 e. The number of nitrogens with one attached hydrogen (secondary N) is 1. The lowest BCUT2D eigenvalue weighted by Gasteiger charge is -2.03. The van der Waals surface area contributed by atoms with Crippen molar-refractivity contribution in [1.82, 2.24) is 0 Å². The smallest absolute Gasteiger partial charge is 0.411 e. The predicted molar refractivity (Wildman–Crippen MR) is 42.4 cm³/mol. The normalized spacial score (nSPS) is 9.46. The standard InChI is InChI=1S/C8H7F2NO2/c1-13-8(12)11-7-3-5(9)2-6(10)4-7/h2-4H,1H3,(H,11,12). The Kier molecular flexibility index (Phi) is 2.79. The maximum atomic E-state index is 12.6. The van der Waals surface area contributed by atoms with Crippen LogP contribution < -0.4 is 5.32 Å². The van der Waals surface area contributed by atoms with Crippen LogP contribution in [-0.2, 0) is 4.74 Å². The summed E-state index contributed by atoms with van der Waals surface area (Å²) in [6, 6.07) is 2.68. The maximum Gasteiger partial charge on any atom is 0.411 e. The van der Waals surface area contributed by atoms with E-state index in [9.17, 15) is 13.6 Å². The molecule has 1 aromatic carbocycles. The van der Waals surface area contributed by atoms with Crippen molar-refractivity contribution in [2.24, 2.45) is 0 Å². The van der Waals surface area contributed by atoms with Crippen LogP contribution in [0.1, 0.15) is 0 Å². The molecule has 0 aliphatic carbocycles. The molecule has 0 radical (unpaired) electrons. The topological polar surface area (TPSA) is 38.3 Å². The molecule has 3 nitrogen and oxygen atoms in total. The van der Waals surface area contributed by atoms with Gasteiger partial charge in [-0.3, -0.25) is 5.32 Å². The summed E-state index contributed by atoms with van der Waals surface area (Å²) in [6.45, 7) is 0. The molecule has 1 N–H and O–H groups in total. The van der Waals surface area contributed by atoms with Crippen molar-refractivity contribution < 1.29 is 18.3 Å². The Morgan fingerprint density at radius 2 is 1.85 bits per heavy atom. The Labute approximate surface area is 73.3 Å². The maximum absolute atomic E-state index is 12.6. The molecule has 0 unspecified atom stereocenters. The van der Waals surface area contributed by atoms with Gasteiger partial charge < -0.3 is 4.74 Å². The Balaban J connectivity index is 2.83. The van der Waals surface area contributed by atoms with Crippen LogP contribution in [0.15, 0.2) is 18.2 Å². The first-order chi connectivity index (χ1) is 6.11. The van der Waals surface area contributed by atoms with Gasteiger partial charge in [0.2, 0.25) is 0 Å². The zero-order chi connectivity index (χ0) is 9.84. The second-order valence-corrected chi connectivity index (χ2v) is 2.27. The number of rotatable bonds is 1. The van der Waals surface area contributed by atoms with Gasteiger partial charge in [-0.2, -0.15) is 0 Å². The highest BCUT2D eigenvalue weighted by Crippen LogP contribution is 2.12. The largest absolute Gasteiger partial charge is 0.453 e. The molecule has 1 amide bonds. The summed E-state index contributed by atoms with van der Waals surface area (Å²) in [6.07, 6.45) is -0.773. The van der Waals surface area contributed by atoms with Crippen molar-refractivity contribution in [3.05, 3.63) is 29.8 Å². The van der Waals surface area contributed by atoms with E-state index in [1.165, 1.54) is 0 Å². The van der Waals surface area contributed by atoms with Gasteiger partial charge in [0.25, 0.3) is 0 Å². The van der Waals surface area contributed by atoms with Crippen molar-refractivity contribution in [2.45, 2.75) is 0 Å². The lowest BCUT2D eigenvalue weighted by Crippen LogP contribution is -2.11. The molecular weight excluding hydrogens is 180 g/mol. The molecule has 0 saturated carbocycles. The number of carbonyl (C=O) groups excluding carboxylic acids is 1. The summed E-state index contributed by atoms with van der Waals surface area (Å²) < 4.78 is 29.3. The fourth-order valence-corrected chi connectivity index (χ4v) is 0.795. The van der Waals surface area contributed by atoms with Gasteiger partial charge in [-0.15, -0.1) is 0 Å². The molecular formula is C8H7F2NO2. The number of halogens is 2.